The van der Waals surface area contributed by atoms with Gasteiger partial charge in [-0.3, -0.25) is 4.79 Å². The highest BCUT2D eigenvalue weighted by molar-refractivity contribution is 7.98. The highest BCUT2D eigenvalue weighted by Crippen LogP contribution is 2.19. The van der Waals surface area contributed by atoms with Gasteiger partial charge in [-0.05, 0) is 24.0 Å². The first-order valence-corrected chi connectivity index (χ1v) is 8.25. The molecule has 0 atom stereocenters. The van der Waals surface area contributed by atoms with Crippen molar-refractivity contribution in [2.24, 2.45) is 0 Å². The Labute approximate surface area is 137 Å². The Morgan fingerprint density at radius 2 is 2.26 bits per heavy atom. The molecule has 0 saturated heterocycles. The van der Waals surface area contributed by atoms with Gasteiger partial charge in [-0.1, -0.05) is 30.0 Å². The monoisotopic (exact) mass is 328 g/mol. The molecule has 0 radical (unpaired) electrons. The third-order valence-corrected chi connectivity index (χ3v) is 4.04. The zero-order valence-corrected chi connectivity index (χ0v) is 13.5. The van der Waals surface area contributed by atoms with Crippen LogP contribution in [0.5, 0.6) is 0 Å². The zero-order chi connectivity index (χ0) is 16.4. The van der Waals surface area contributed by atoms with E-state index in [2.05, 4.69) is 16.5 Å². The summed E-state index contributed by atoms with van der Waals surface area (Å²) in [6.07, 6.45) is 5.11. The number of benzene rings is 1. The van der Waals surface area contributed by atoms with Crippen LogP contribution in [0, 0.1) is 0 Å². The minimum absolute atomic E-state index is 0.0657. The number of aliphatic hydroxyl groups excluding tert-OH is 1. The lowest BCUT2D eigenvalue weighted by atomic mass is 10.2. The highest BCUT2D eigenvalue weighted by Gasteiger charge is 2.16. The smallest absolute Gasteiger partial charge is 0.278 e. The lowest BCUT2D eigenvalue weighted by Crippen LogP contribution is -2.21. The standard InChI is InChI=1S/C16H16N4O2S/c1-3-7-19-15(22)13-9-17-16(23-2)18-14(13)20(19)12-6-4-5-11(8-12)10-21/h3-6,8-9,21H,1,7,10H2,2H3. The van der Waals surface area contributed by atoms with E-state index in [0.29, 0.717) is 22.7 Å². The Kier molecular flexibility index (Phi) is 4.31. The summed E-state index contributed by atoms with van der Waals surface area (Å²) in [5.41, 5.74) is 1.91. The predicted molar refractivity (Wildman–Crippen MR) is 91.0 cm³/mol. The van der Waals surface area contributed by atoms with E-state index in [1.165, 1.54) is 11.8 Å². The van der Waals surface area contributed by atoms with Crippen LogP contribution in [0.4, 0.5) is 0 Å². The number of nitrogens with zero attached hydrogens (tertiary/aromatic N) is 4. The summed E-state index contributed by atoms with van der Waals surface area (Å²) in [5, 5.41) is 10.4. The third-order valence-electron chi connectivity index (χ3n) is 3.48. The van der Waals surface area contributed by atoms with E-state index in [1.807, 2.05) is 30.5 Å². The van der Waals surface area contributed by atoms with Crippen molar-refractivity contribution in [2.45, 2.75) is 18.3 Å². The van der Waals surface area contributed by atoms with Gasteiger partial charge < -0.3 is 5.11 Å². The molecule has 6 nitrogen and oxygen atoms in total. The van der Waals surface area contributed by atoms with Gasteiger partial charge >= 0.3 is 0 Å². The van der Waals surface area contributed by atoms with Gasteiger partial charge in [0.15, 0.2) is 10.8 Å². The number of hydrogen-bond donors (Lipinski definition) is 1. The second-order valence-electron chi connectivity index (χ2n) is 4.91. The van der Waals surface area contributed by atoms with Crippen LogP contribution in [0.15, 0.2) is 53.1 Å². The Morgan fingerprint density at radius 1 is 1.43 bits per heavy atom. The molecule has 2 aromatic heterocycles. The van der Waals surface area contributed by atoms with Crippen LogP contribution in [-0.4, -0.2) is 30.7 Å². The van der Waals surface area contributed by atoms with Crippen molar-refractivity contribution in [3.05, 3.63) is 59.0 Å². The first kappa shape index (κ1) is 15.5. The fraction of sp³-hybridized carbons (Fsp3) is 0.188. The van der Waals surface area contributed by atoms with Crippen LogP contribution in [0.3, 0.4) is 0 Å². The summed E-state index contributed by atoms with van der Waals surface area (Å²) < 4.78 is 3.31. The summed E-state index contributed by atoms with van der Waals surface area (Å²) >= 11 is 1.42. The first-order chi connectivity index (χ1) is 11.2. The predicted octanol–water partition coefficient (Wildman–Crippen LogP) is 1.98. The van der Waals surface area contributed by atoms with E-state index in [1.54, 1.807) is 21.6 Å². The quantitative estimate of drug-likeness (QED) is 0.440. The molecule has 23 heavy (non-hydrogen) atoms. The van der Waals surface area contributed by atoms with Crippen molar-refractivity contribution >= 4 is 22.8 Å². The molecule has 2 heterocycles. The van der Waals surface area contributed by atoms with Crippen LogP contribution in [0.25, 0.3) is 16.7 Å². The molecule has 3 rings (SSSR count). The van der Waals surface area contributed by atoms with Crippen molar-refractivity contribution in [1.82, 2.24) is 19.3 Å². The SMILES string of the molecule is C=CCn1c(=O)c2cnc(SC)nc2n1-c1cccc(CO)c1. The van der Waals surface area contributed by atoms with E-state index < -0.39 is 0 Å². The minimum Gasteiger partial charge on any atom is -0.392 e. The fourth-order valence-corrected chi connectivity index (χ4v) is 2.78. The number of allylic oxidation sites excluding steroid dienone is 1. The van der Waals surface area contributed by atoms with Gasteiger partial charge in [0.05, 0.1) is 18.8 Å². The lowest BCUT2D eigenvalue weighted by molar-refractivity contribution is 0.282. The van der Waals surface area contributed by atoms with E-state index in [0.717, 1.165) is 11.3 Å². The van der Waals surface area contributed by atoms with Crippen LogP contribution in [0.2, 0.25) is 0 Å². The minimum atomic E-state index is -0.165. The average molecular weight is 328 g/mol. The molecule has 0 aliphatic heterocycles. The maximum Gasteiger partial charge on any atom is 0.278 e. The summed E-state index contributed by atoms with van der Waals surface area (Å²) in [5.74, 6) is 0. The Balaban J connectivity index is 2.37. The van der Waals surface area contributed by atoms with E-state index in [4.69, 9.17) is 0 Å². The Bertz CT molecular complexity index is 929. The molecule has 1 N–H and O–H groups in total. The fourth-order valence-electron chi connectivity index (χ4n) is 2.45. The van der Waals surface area contributed by atoms with Crippen LogP contribution in [0.1, 0.15) is 5.56 Å². The summed E-state index contributed by atoms with van der Waals surface area (Å²) in [6, 6.07) is 7.37. The molecule has 1 aromatic carbocycles. The van der Waals surface area contributed by atoms with Crippen LogP contribution < -0.4 is 5.56 Å². The van der Waals surface area contributed by atoms with Crippen molar-refractivity contribution in [3.63, 3.8) is 0 Å². The van der Waals surface area contributed by atoms with Crippen molar-refractivity contribution in [3.8, 4) is 5.69 Å². The average Bonchev–Trinajstić information content (AvgIpc) is 2.87. The largest absolute Gasteiger partial charge is 0.392 e. The number of fused-ring (bicyclic) bond motifs is 1. The number of aliphatic hydroxyl groups is 1. The summed E-state index contributed by atoms with van der Waals surface area (Å²) in [6.45, 7) is 4.00. The first-order valence-electron chi connectivity index (χ1n) is 7.03. The molecular weight excluding hydrogens is 312 g/mol. The number of aromatic nitrogens is 4. The van der Waals surface area contributed by atoms with Crippen LogP contribution >= 0.6 is 11.8 Å². The van der Waals surface area contributed by atoms with Crippen molar-refractivity contribution < 1.29 is 5.11 Å². The molecular formula is C16H16N4O2S. The second kappa shape index (κ2) is 6.39. The van der Waals surface area contributed by atoms with Gasteiger partial charge in [0.25, 0.3) is 5.56 Å². The maximum atomic E-state index is 12.6. The molecule has 0 amide bonds. The molecule has 0 aliphatic carbocycles. The van der Waals surface area contributed by atoms with E-state index in [-0.39, 0.29) is 12.2 Å². The number of thioether (sulfide) groups is 1. The highest BCUT2D eigenvalue weighted by atomic mass is 32.2. The summed E-state index contributed by atoms with van der Waals surface area (Å²) in [7, 11) is 0. The van der Waals surface area contributed by atoms with Gasteiger partial charge in [0.2, 0.25) is 0 Å². The Morgan fingerprint density at radius 3 is 2.96 bits per heavy atom. The molecule has 0 bridgehead atoms. The zero-order valence-electron chi connectivity index (χ0n) is 12.6. The van der Waals surface area contributed by atoms with Gasteiger partial charge in [-0.2, -0.15) is 0 Å². The topological polar surface area (TPSA) is 72.9 Å². The molecule has 118 valence electrons. The van der Waals surface area contributed by atoms with Gasteiger partial charge in [0.1, 0.15) is 5.39 Å². The molecule has 0 unspecified atom stereocenters. The molecule has 7 heteroatoms. The molecule has 0 aliphatic rings. The lowest BCUT2D eigenvalue weighted by Gasteiger charge is -2.11. The normalized spacial score (nSPS) is 11.0. The van der Waals surface area contributed by atoms with E-state index in [9.17, 15) is 9.90 Å². The third kappa shape index (κ3) is 2.69. The second-order valence-corrected chi connectivity index (χ2v) is 5.68. The van der Waals surface area contributed by atoms with Gasteiger partial charge in [0, 0.05) is 6.20 Å². The van der Waals surface area contributed by atoms with Crippen LogP contribution in [-0.2, 0) is 13.2 Å². The number of rotatable bonds is 5. The molecule has 3 aromatic rings. The maximum absolute atomic E-state index is 12.6. The summed E-state index contributed by atoms with van der Waals surface area (Å²) in [4.78, 5) is 21.3. The number of hydrogen-bond acceptors (Lipinski definition) is 5. The van der Waals surface area contributed by atoms with Crippen molar-refractivity contribution in [1.29, 1.82) is 0 Å². The van der Waals surface area contributed by atoms with Gasteiger partial charge in [-0.25, -0.2) is 19.3 Å². The molecule has 0 spiro atoms. The van der Waals surface area contributed by atoms with E-state index >= 15 is 0 Å². The Hall–Kier alpha value is -2.38. The molecule has 0 fully saturated rings. The molecule has 0 saturated carbocycles. The van der Waals surface area contributed by atoms with Gasteiger partial charge in [-0.15, -0.1) is 6.58 Å². The van der Waals surface area contributed by atoms with Crippen molar-refractivity contribution in [2.75, 3.05) is 6.26 Å².